The molecule has 0 amide bonds. The Kier molecular flexibility index (Phi) is 5.57. The highest BCUT2D eigenvalue weighted by atomic mass is 15.2. The minimum absolute atomic E-state index is 0.626. The van der Waals surface area contributed by atoms with E-state index in [0.29, 0.717) is 5.92 Å². The number of nitrogens with one attached hydrogen (secondary N) is 1. The first kappa shape index (κ1) is 15.8. The smallest absolute Gasteiger partial charge is 0.136 e. The van der Waals surface area contributed by atoms with Crippen LogP contribution < -0.4 is 10.2 Å². The summed E-state index contributed by atoms with van der Waals surface area (Å²) < 4.78 is 0. The van der Waals surface area contributed by atoms with Gasteiger partial charge in [0.05, 0.1) is 0 Å². The Balaban J connectivity index is 2.35. The van der Waals surface area contributed by atoms with E-state index in [2.05, 4.69) is 62.3 Å². The summed E-state index contributed by atoms with van der Waals surface area (Å²) in [5.74, 6) is 1.71. The van der Waals surface area contributed by atoms with E-state index in [1.165, 1.54) is 16.3 Å². The van der Waals surface area contributed by atoms with Crippen LogP contribution in [0.4, 0.5) is 5.82 Å². The van der Waals surface area contributed by atoms with Crippen LogP contribution in [0.25, 0.3) is 10.8 Å². The molecule has 0 spiro atoms. The minimum Gasteiger partial charge on any atom is -0.359 e. The number of hydrogen-bond donors (Lipinski definition) is 1. The number of benzene rings is 1. The number of aromatic nitrogens is 1. The van der Waals surface area contributed by atoms with Crippen LogP contribution in [0, 0.1) is 5.92 Å². The lowest BCUT2D eigenvalue weighted by molar-refractivity contribution is 0.635. The third-order valence-corrected chi connectivity index (χ3v) is 3.60. The quantitative estimate of drug-likeness (QED) is 0.784. The van der Waals surface area contributed by atoms with Gasteiger partial charge < -0.3 is 10.2 Å². The van der Waals surface area contributed by atoms with Crippen molar-refractivity contribution in [3.05, 3.63) is 36.0 Å². The van der Waals surface area contributed by atoms with Gasteiger partial charge in [-0.15, -0.1) is 0 Å². The van der Waals surface area contributed by atoms with Crippen molar-refractivity contribution in [1.82, 2.24) is 10.3 Å². The van der Waals surface area contributed by atoms with Crippen LogP contribution in [-0.4, -0.2) is 25.1 Å². The van der Waals surface area contributed by atoms with Gasteiger partial charge in [0.1, 0.15) is 5.82 Å². The van der Waals surface area contributed by atoms with Crippen molar-refractivity contribution in [1.29, 1.82) is 0 Å². The second kappa shape index (κ2) is 7.41. The molecule has 0 aliphatic rings. The standard InChI is InChI=1S/C18H27N3/c1-5-10-19-11-15-12-20-18(21(4)13-14(2)3)17-9-7-6-8-16(15)17/h6-9,12,14,19H,5,10-11,13H2,1-4H3. The Morgan fingerprint density at radius 2 is 1.90 bits per heavy atom. The molecule has 1 aromatic carbocycles. The molecule has 0 saturated heterocycles. The number of pyridine rings is 1. The maximum absolute atomic E-state index is 4.72. The van der Waals surface area contributed by atoms with E-state index in [-0.39, 0.29) is 0 Å². The van der Waals surface area contributed by atoms with Crippen molar-refractivity contribution in [2.45, 2.75) is 33.7 Å². The number of anilines is 1. The number of rotatable bonds is 7. The fourth-order valence-electron chi connectivity index (χ4n) is 2.72. The van der Waals surface area contributed by atoms with E-state index >= 15 is 0 Å². The maximum atomic E-state index is 4.72. The highest BCUT2D eigenvalue weighted by Crippen LogP contribution is 2.27. The fourth-order valence-corrected chi connectivity index (χ4v) is 2.72. The molecule has 1 aromatic heterocycles. The van der Waals surface area contributed by atoms with Crippen LogP contribution in [0.1, 0.15) is 32.8 Å². The Morgan fingerprint density at radius 1 is 1.19 bits per heavy atom. The van der Waals surface area contributed by atoms with Crippen molar-refractivity contribution in [3.63, 3.8) is 0 Å². The zero-order valence-corrected chi connectivity index (χ0v) is 13.7. The van der Waals surface area contributed by atoms with Crippen LogP contribution in [0.3, 0.4) is 0 Å². The Labute approximate surface area is 128 Å². The average Bonchev–Trinajstić information content (AvgIpc) is 2.46. The third-order valence-electron chi connectivity index (χ3n) is 3.60. The number of fused-ring (bicyclic) bond motifs is 1. The van der Waals surface area contributed by atoms with Crippen LogP contribution in [-0.2, 0) is 6.54 Å². The number of nitrogens with zero attached hydrogens (tertiary/aromatic N) is 2. The number of hydrogen-bond acceptors (Lipinski definition) is 3. The van der Waals surface area contributed by atoms with Crippen LogP contribution >= 0.6 is 0 Å². The molecule has 0 aliphatic heterocycles. The van der Waals surface area contributed by atoms with Crippen molar-refractivity contribution < 1.29 is 0 Å². The first-order chi connectivity index (χ1) is 10.1. The van der Waals surface area contributed by atoms with Gasteiger partial charge in [0.15, 0.2) is 0 Å². The Bertz CT molecular complexity index is 578. The zero-order chi connectivity index (χ0) is 15.2. The SMILES string of the molecule is CCCNCc1cnc(N(C)CC(C)C)c2ccccc12. The van der Waals surface area contributed by atoms with E-state index in [1.54, 1.807) is 0 Å². The first-order valence-electron chi connectivity index (χ1n) is 7.92. The van der Waals surface area contributed by atoms with E-state index in [4.69, 9.17) is 4.98 Å². The summed E-state index contributed by atoms with van der Waals surface area (Å²) in [5.41, 5.74) is 1.28. The second-order valence-electron chi connectivity index (χ2n) is 6.10. The van der Waals surface area contributed by atoms with Crippen LogP contribution in [0.2, 0.25) is 0 Å². The van der Waals surface area contributed by atoms with Gasteiger partial charge in [-0.1, -0.05) is 45.0 Å². The molecule has 3 heteroatoms. The normalized spacial score (nSPS) is 11.3. The van der Waals surface area contributed by atoms with E-state index in [1.807, 2.05) is 6.20 Å². The average molecular weight is 285 g/mol. The first-order valence-corrected chi connectivity index (χ1v) is 7.92. The van der Waals surface area contributed by atoms with Crippen molar-refractivity contribution in [2.75, 3.05) is 25.0 Å². The van der Waals surface area contributed by atoms with Gasteiger partial charge >= 0.3 is 0 Å². The molecule has 0 unspecified atom stereocenters. The third kappa shape index (κ3) is 3.94. The van der Waals surface area contributed by atoms with E-state index in [9.17, 15) is 0 Å². The highest BCUT2D eigenvalue weighted by Gasteiger charge is 2.11. The molecule has 0 bridgehead atoms. The summed E-state index contributed by atoms with van der Waals surface area (Å²) in [4.78, 5) is 6.98. The van der Waals surface area contributed by atoms with Gasteiger partial charge in [0.2, 0.25) is 0 Å². The van der Waals surface area contributed by atoms with Gasteiger partial charge in [0.25, 0.3) is 0 Å². The minimum atomic E-state index is 0.626. The predicted molar refractivity (Wildman–Crippen MR) is 91.8 cm³/mol. The van der Waals surface area contributed by atoms with Gasteiger partial charge in [-0.2, -0.15) is 0 Å². The van der Waals surface area contributed by atoms with E-state index < -0.39 is 0 Å². The Morgan fingerprint density at radius 3 is 2.57 bits per heavy atom. The zero-order valence-electron chi connectivity index (χ0n) is 13.7. The lowest BCUT2D eigenvalue weighted by Crippen LogP contribution is -2.24. The van der Waals surface area contributed by atoms with Gasteiger partial charge in [-0.25, -0.2) is 4.98 Å². The molecule has 3 nitrogen and oxygen atoms in total. The summed E-state index contributed by atoms with van der Waals surface area (Å²) in [6, 6.07) is 8.59. The molecule has 21 heavy (non-hydrogen) atoms. The molecule has 1 N–H and O–H groups in total. The summed E-state index contributed by atoms with van der Waals surface area (Å²) in [7, 11) is 2.13. The molecule has 1 heterocycles. The molecule has 0 fully saturated rings. The van der Waals surface area contributed by atoms with Gasteiger partial charge in [-0.3, -0.25) is 0 Å². The van der Waals surface area contributed by atoms with Crippen molar-refractivity contribution in [3.8, 4) is 0 Å². The Hall–Kier alpha value is -1.61. The molecule has 0 atom stereocenters. The molecular formula is C18H27N3. The van der Waals surface area contributed by atoms with Crippen molar-refractivity contribution >= 4 is 16.6 Å². The lowest BCUT2D eigenvalue weighted by atomic mass is 10.1. The summed E-state index contributed by atoms with van der Waals surface area (Å²) in [6.45, 7) is 9.61. The summed E-state index contributed by atoms with van der Waals surface area (Å²) >= 11 is 0. The monoisotopic (exact) mass is 285 g/mol. The summed E-state index contributed by atoms with van der Waals surface area (Å²) in [5, 5.41) is 6.02. The summed E-state index contributed by atoms with van der Waals surface area (Å²) in [6.07, 6.45) is 3.18. The lowest BCUT2D eigenvalue weighted by Gasteiger charge is -2.22. The molecular weight excluding hydrogens is 258 g/mol. The molecule has 0 aliphatic carbocycles. The topological polar surface area (TPSA) is 28.2 Å². The molecule has 2 aromatic rings. The van der Waals surface area contributed by atoms with Crippen LogP contribution in [0.15, 0.2) is 30.5 Å². The largest absolute Gasteiger partial charge is 0.359 e. The second-order valence-corrected chi connectivity index (χ2v) is 6.10. The maximum Gasteiger partial charge on any atom is 0.136 e. The molecule has 2 rings (SSSR count). The molecule has 0 radical (unpaired) electrons. The van der Waals surface area contributed by atoms with Gasteiger partial charge in [-0.05, 0) is 29.8 Å². The fraction of sp³-hybridized carbons (Fsp3) is 0.500. The van der Waals surface area contributed by atoms with Crippen molar-refractivity contribution in [2.24, 2.45) is 5.92 Å². The van der Waals surface area contributed by atoms with Crippen LogP contribution in [0.5, 0.6) is 0 Å². The van der Waals surface area contributed by atoms with Gasteiger partial charge in [0, 0.05) is 31.7 Å². The highest BCUT2D eigenvalue weighted by molar-refractivity contribution is 5.94. The molecule has 0 saturated carbocycles. The molecule has 114 valence electrons. The van der Waals surface area contributed by atoms with E-state index in [0.717, 1.165) is 31.9 Å². The predicted octanol–water partition coefficient (Wildman–Crippen LogP) is 3.83.